The van der Waals surface area contributed by atoms with Crippen LogP contribution in [0.3, 0.4) is 0 Å². The summed E-state index contributed by atoms with van der Waals surface area (Å²) < 4.78 is 93.6. The van der Waals surface area contributed by atoms with Gasteiger partial charge in [-0.25, -0.2) is 0 Å². The van der Waals surface area contributed by atoms with Crippen LogP contribution in [0.25, 0.3) is 88.4 Å². The molecule has 0 unspecified atom stereocenters. The first-order valence-electron chi connectivity index (χ1n) is 20.2. The number of fused-ring (bicyclic) bond motifs is 6. The molecule has 0 fully saturated rings. The van der Waals surface area contributed by atoms with Gasteiger partial charge in [0.05, 0.1) is 91.1 Å². The Morgan fingerprint density at radius 1 is 0.333 bits per heavy atom. The Kier molecular flexibility index (Phi) is 9.50. The number of hydrogen-bond acceptors (Lipinski definition) is 4. The third-order valence-electron chi connectivity index (χ3n) is 11.8. The standard InChI is InChI=1S/C54H26F6N6/c55-53(56,57)40-7-5-6-37(22-40)52-50(65-46-10-3-1-8-42(46)44-23-35(12-14-48(44)65)38-18-31(27-61)16-32(19-38)28-62)25-41(54(58,59)60)26-51(52)66-47-11-4-2-9-43(47)45-24-36(13-15-49(45)66)39-20-33(29-63)17-34(21-39)30-64/h1-26H. The van der Waals surface area contributed by atoms with Crippen molar-refractivity contribution < 1.29 is 26.3 Å². The highest BCUT2D eigenvalue weighted by atomic mass is 19.4. The Labute approximate surface area is 371 Å². The molecule has 66 heavy (non-hydrogen) atoms. The molecular weight excluding hydrogens is 847 g/mol. The second kappa shape index (κ2) is 15.3. The minimum absolute atomic E-state index is 0.00311. The fourth-order valence-corrected chi connectivity index (χ4v) is 8.95. The van der Waals surface area contributed by atoms with Crippen LogP contribution in [-0.4, -0.2) is 9.13 Å². The van der Waals surface area contributed by atoms with Crippen LogP contribution in [0, 0.1) is 45.3 Å². The van der Waals surface area contributed by atoms with Gasteiger partial charge >= 0.3 is 12.4 Å². The molecule has 0 saturated heterocycles. The number of halogens is 6. The van der Waals surface area contributed by atoms with Crippen LogP contribution in [0.15, 0.2) is 158 Å². The molecule has 0 bridgehead atoms. The number of rotatable bonds is 5. The van der Waals surface area contributed by atoms with E-state index in [0.717, 1.165) is 24.3 Å². The minimum atomic E-state index is -4.93. The molecule has 2 aromatic heterocycles. The van der Waals surface area contributed by atoms with Gasteiger partial charge in [0.15, 0.2) is 0 Å². The van der Waals surface area contributed by atoms with E-state index >= 15 is 13.2 Å². The van der Waals surface area contributed by atoms with Crippen molar-refractivity contribution >= 4 is 43.6 Å². The van der Waals surface area contributed by atoms with Crippen LogP contribution in [0.2, 0.25) is 0 Å². The predicted octanol–water partition coefficient (Wildman–Crippen LogP) is 14.4. The number of nitrogens with zero attached hydrogens (tertiary/aromatic N) is 6. The maximum Gasteiger partial charge on any atom is 0.416 e. The molecule has 0 aliphatic carbocycles. The first kappa shape index (κ1) is 40.9. The van der Waals surface area contributed by atoms with Gasteiger partial charge in [-0.3, -0.25) is 0 Å². The minimum Gasteiger partial charge on any atom is -0.309 e. The molecule has 314 valence electrons. The number of alkyl halides is 6. The topological polar surface area (TPSA) is 105 Å². The monoisotopic (exact) mass is 872 g/mol. The fourth-order valence-electron chi connectivity index (χ4n) is 8.95. The highest BCUT2D eigenvalue weighted by molar-refractivity contribution is 6.13. The summed E-state index contributed by atoms with van der Waals surface area (Å²) in [7, 11) is 0. The van der Waals surface area contributed by atoms with Crippen molar-refractivity contribution in [1.29, 1.82) is 21.0 Å². The molecule has 0 atom stereocenters. The Morgan fingerprint density at radius 2 is 0.742 bits per heavy atom. The summed E-state index contributed by atoms with van der Waals surface area (Å²) in [5.41, 5.74) is 3.17. The average molecular weight is 873 g/mol. The largest absolute Gasteiger partial charge is 0.416 e. The van der Waals surface area contributed by atoms with E-state index in [0.29, 0.717) is 65.9 Å². The highest BCUT2D eigenvalue weighted by Crippen LogP contribution is 2.47. The molecule has 8 aromatic carbocycles. The lowest BCUT2D eigenvalue weighted by atomic mass is 9.96. The molecule has 0 aliphatic rings. The molecule has 12 heteroatoms. The second-order valence-corrected chi connectivity index (χ2v) is 15.7. The van der Waals surface area contributed by atoms with Crippen LogP contribution in [-0.2, 0) is 12.4 Å². The maximum atomic E-state index is 15.5. The van der Waals surface area contributed by atoms with E-state index < -0.39 is 23.5 Å². The van der Waals surface area contributed by atoms with Gasteiger partial charge in [-0.1, -0.05) is 60.7 Å². The second-order valence-electron chi connectivity index (χ2n) is 15.7. The smallest absolute Gasteiger partial charge is 0.309 e. The zero-order valence-electron chi connectivity index (χ0n) is 34.0. The Balaban J connectivity index is 1.33. The maximum absolute atomic E-state index is 15.5. The summed E-state index contributed by atoms with van der Waals surface area (Å²) in [5.74, 6) is 0. The zero-order chi connectivity index (χ0) is 46.1. The summed E-state index contributed by atoms with van der Waals surface area (Å²) in [4.78, 5) is 0. The molecule has 10 rings (SSSR count). The van der Waals surface area contributed by atoms with Crippen molar-refractivity contribution in [3.05, 3.63) is 191 Å². The van der Waals surface area contributed by atoms with Crippen LogP contribution in [0.1, 0.15) is 33.4 Å². The van der Waals surface area contributed by atoms with Gasteiger partial charge in [0.1, 0.15) is 0 Å². The summed E-state index contributed by atoms with van der Waals surface area (Å²) >= 11 is 0. The lowest BCUT2D eigenvalue weighted by molar-refractivity contribution is -0.138. The lowest BCUT2D eigenvalue weighted by Gasteiger charge is -2.23. The van der Waals surface area contributed by atoms with Gasteiger partial charge in [-0.15, -0.1) is 0 Å². The van der Waals surface area contributed by atoms with Gasteiger partial charge < -0.3 is 9.13 Å². The average Bonchev–Trinajstić information content (AvgIpc) is 3.84. The van der Waals surface area contributed by atoms with Crippen LogP contribution < -0.4 is 0 Å². The molecule has 0 radical (unpaired) electrons. The number of para-hydroxylation sites is 2. The Morgan fingerprint density at radius 3 is 1.15 bits per heavy atom. The van der Waals surface area contributed by atoms with Crippen molar-refractivity contribution in [2.45, 2.75) is 12.4 Å². The van der Waals surface area contributed by atoms with Gasteiger partial charge in [-0.2, -0.15) is 47.4 Å². The molecule has 0 saturated carbocycles. The molecule has 0 spiro atoms. The molecule has 0 N–H and O–H groups in total. The van der Waals surface area contributed by atoms with E-state index in [4.69, 9.17) is 0 Å². The number of hydrogen-bond donors (Lipinski definition) is 0. The normalized spacial score (nSPS) is 11.7. The molecule has 0 amide bonds. The van der Waals surface area contributed by atoms with E-state index in [1.165, 1.54) is 24.3 Å². The SMILES string of the molecule is N#Cc1cc(C#N)cc(-c2ccc3c(c2)c2ccccc2n3-c2cc(C(F)(F)F)cc(-n3c4ccccc4c4cc(-c5cc(C#N)cc(C#N)c5)ccc43)c2-c2cccc(C(F)(F)F)c2)c1. The molecular formula is C54H26F6N6. The molecule has 10 aromatic rings. The zero-order valence-corrected chi connectivity index (χ0v) is 34.0. The number of benzene rings is 8. The lowest BCUT2D eigenvalue weighted by Crippen LogP contribution is -2.11. The summed E-state index contributed by atoms with van der Waals surface area (Å²) in [5, 5.41) is 41.3. The summed E-state index contributed by atoms with van der Waals surface area (Å²) in [6.45, 7) is 0. The van der Waals surface area contributed by atoms with Gasteiger partial charge in [0, 0.05) is 27.1 Å². The van der Waals surface area contributed by atoms with E-state index in [2.05, 4.69) is 24.3 Å². The summed E-state index contributed by atoms with van der Waals surface area (Å²) in [6.07, 6.45) is -9.72. The van der Waals surface area contributed by atoms with E-state index in [1.807, 2.05) is 12.1 Å². The van der Waals surface area contributed by atoms with Gasteiger partial charge in [-0.05, 0) is 125 Å². The van der Waals surface area contributed by atoms with Crippen molar-refractivity contribution in [2.24, 2.45) is 0 Å². The Bertz CT molecular complexity index is 3580. The quantitative estimate of drug-likeness (QED) is 0.161. The fraction of sp³-hybridized carbons (Fsp3) is 0.0370. The molecule has 2 heterocycles. The van der Waals surface area contributed by atoms with Crippen LogP contribution in [0.5, 0.6) is 0 Å². The van der Waals surface area contributed by atoms with Crippen LogP contribution in [0.4, 0.5) is 26.3 Å². The third-order valence-corrected chi connectivity index (χ3v) is 11.8. The molecule has 6 nitrogen and oxygen atoms in total. The van der Waals surface area contributed by atoms with Crippen molar-refractivity contribution in [1.82, 2.24) is 9.13 Å². The van der Waals surface area contributed by atoms with Gasteiger partial charge in [0.2, 0.25) is 0 Å². The van der Waals surface area contributed by atoms with Crippen molar-refractivity contribution in [2.75, 3.05) is 0 Å². The first-order chi connectivity index (χ1) is 31.8. The van der Waals surface area contributed by atoms with Gasteiger partial charge in [0.25, 0.3) is 0 Å². The molecule has 0 aliphatic heterocycles. The van der Waals surface area contributed by atoms with E-state index in [-0.39, 0.29) is 44.8 Å². The van der Waals surface area contributed by atoms with Crippen molar-refractivity contribution in [3.8, 4) is 69.0 Å². The van der Waals surface area contributed by atoms with Crippen LogP contribution >= 0.6 is 0 Å². The van der Waals surface area contributed by atoms with Crippen molar-refractivity contribution in [3.63, 3.8) is 0 Å². The Hall–Kier alpha value is -9.10. The number of aromatic nitrogens is 2. The number of nitriles is 4. The van der Waals surface area contributed by atoms with E-state index in [9.17, 15) is 34.2 Å². The van der Waals surface area contributed by atoms with E-state index in [1.54, 1.807) is 106 Å². The summed E-state index contributed by atoms with van der Waals surface area (Å²) in [6, 6.07) is 48.8. The first-order valence-corrected chi connectivity index (χ1v) is 20.2. The predicted molar refractivity (Wildman–Crippen MR) is 240 cm³/mol. The highest BCUT2D eigenvalue weighted by Gasteiger charge is 2.36. The third kappa shape index (κ3) is 6.82.